The van der Waals surface area contributed by atoms with Crippen molar-refractivity contribution in [2.24, 2.45) is 0 Å². The molecule has 0 unspecified atom stereocenters. The Morgan fingerprint density at radius 3 is 2.44 bits per heavy atom. The zero-order chi connectivity index (χ0) is 23.6. The number of nitrogens with one attached hydrogen (secondary N) is 1. The summed E-state index contributed by atoms with van der Waals surface area (Å²) in [4.78, 5) is 59.3. The number of hydrogen-bond acceptors (Lipinski definition) is 10. The van der Waals surface area contributed by atoms with Crippen LogP contribution in [-0.2, 0) is 25.7 Å². The summed E-state index contributed by atoms with van der Waals surface area (Å²) in [5, 5.41) is 3.20. The summed E-state index contributed by atoms with van der Waals surface area (Å²) in [7, 11) is 0. The molecule has 0 spiro atoms. The first-order chi connectivity index (χ1) is 15.2. The maximum atomic E-state index is 12.6. The molecule has 1 saturated heterocycles. The number of thiophene rings is 1. The van der Waals surface area contributed by atoms with E-state index >= 15 is 0 Å². The van der Waals surface area contributed by atoms with Gasteiger partial charge < -0.3 is 20.5 Å². The molecular weight excluding hydrogens is 438 g/mol. The molecule has 0 bridgehead atoms. The molecule has 1 fully saturated rings. The Morgan fingerprint density at radius 2 is 1.84 bits per heavy atom. The maximum absolute atomic E-state index is 12.6. The Bertz CT molecular complexity index is 1090. The number of nitrogens with two attached hydrogens (primary N) is 1. The zero-order valence-electron chi connectivity index (χ0n) is 18.3. The van der Waals surface area contributed by atoms with Gasteiger partial charge in [-0.2, -0.15) is 0 Å². The third kappa shape index (κ3) is 4.09. The van der Waals surface area contributed by atoms with Crippen LogP contribution in [0.1, 0.15) is 54.7 Å². The quantitative estimate of drug-likeness (QED) is 0.441. The first-order valence-corrected chi connectivity index (χ1v) is 11.0. The van der Waals surface area contributed by atoms with Crippen LogP contribution in [0, 0.1) is 6.92 Å². The number of esters is 2. The monoisotopic (exact) mass is 463 g/mol. The predicted molar refractivity (Wildman–Crippen MR) is 116 cm³/mol. The highest BCUT2D eigenvalue weighted by Crippen LogP contribution is 2.33. The average molecular weight is 464 g/mol. The van der Waals surface area contributed by atoms with Crippen molar-refractivity contribution >= 4 is 51.2 Å². The summed E-state index contributed by atoms with van der Waals surface area (Å²) >= 11 is 1.11. The predicted octanol–water partition coefficient (Wildman–Crippen LogP) is 1.91. The van der Waals surface area contributed by atoms with E-state index in [1.165, 1.54) is 0 Å². The second-order valence-electron chi connectivity index (χ2n) is 7.25. The molecule has 0 saturated carbocycles. The fraction of sp³-hybridized carbons (Fsp3) is 0.500. The Balaban J connectivity index is 1.71. The number of hydrogen-bond donors (Lipinski definition) is 2. The highest BCUT2D eigenvalue weighted by molar-refractivity contribution is 7.20. The smallest absolute Gasteiger partial charge is 0.348 e. The Morgan fingerprint density at radius 1 is 1.16 bits per heavy atom. The van der Waals surface area contributed by atoms with E-state index < -0.39 is 36.0 Å². The molecule has 3 rings (SSSR count). The number of urea groups is 1. The summed E-state index contributed by atoms with van der Waals surface area (Å²) in [5.41, 5.74) is 5.67. The number of carbonyl (C=O) groups excluding carboxylic acids is 4. The van der Waals surface area contributed by atoms with Gasteiger partial charge in [-0.25, -0.2) is 19.6 Å². The number of ether oxygens (including phenoxy) is 2. The lowest BCUT2D eigenvalue weighted by Crippen LogP contribution is -2.46. The van der Waals surface area contributed by atoms with Crippen molar-refractivity contribution in [1.29, 1.82) is 0 Å². The molecule has 11 nitrogen and oxygen atoms in total. The average Bonchev–Trinajstić information content (AvgIpc) is 3.22. The molecule has 3 heterocycles. The molecule has 3 amide bonds. The van der Waals surface area contributed by atoms with E-state index in [0.717, 1.165) is 16.2 Å². The molecule has 0 aromatic carbocycles. The van der Waals surface area contributed by atoms with Crippen molar-refractivity contribution < 1.29 is 28.7 Å². The number of anilines is 1. The van der Waals surface area contributed by atoms with Crippen LogP contribution in [0.15, 0.2) is 0 Å². The third-order valence-electron chi connectivity index (χ3n) is 5.43. The van der Waals surface area contributed by atoms with Gasteiger partial charge in [-0.15, -0.1) is 11.3 Å². The van der Waals surface area contributed by atoms with Crippen LogP contribution in [-0.4, -0.2) is 57.4 Å². The second-order valence-corrected chi connectivity index (χ2v) is 8.25. The lowest BCUT2D eigenvalue weighted by atomic mass is 9.93. The van der Waals surface area contributed by atoms with Crippen molar-refractivity contribution in [3.8, 4) is 0 Å². The van der Waals surface area contributed by atoms with Crippen LogP contribution in [0.4, 0.5) is 10.6 Å². The summed E-state index contributed by atoms with van der Waals surface area (Å²) in [6.45, 7) is 6.45. The molecule has 0 aliphatic carbocycles. The highest BCUT2D eigenvalue weighted by atomic mass is 32.1. The van der Waals surface area contributed by atoms with Gasteiger partial charge in [-0.05, 0) is 32.3 Å². The largest absolute Gasteiger partial charge is 0.462 e. The Kier molecular flexibility index (Phi) is 6.63. The number of carbonyl (C=O) groups is 4. The second kappa shape index (κ2) is 9.07. The van der Waals surface area contributed by atoms with Gasteiger partial charge in [-0.3, -0.25) is 14.5 Å². The van der Waals surface area contributed by atoms with Gasteiger partial charge in [-0.1, -0.05) is 13.8 Å². The fourth-order valence-electron chi connectivity index (χ4n) is 3.54. The summed E-state index contributed by atoms with van der Waals surface area (Å²) in [6.07, 6.45) is 0.835. The lowest BCUT2D eigenvalue weighted by Gasteiger charge is -2.22. The molecule has 0 atom stereocenters. The minimum Gasteiger partial charge on any atom is -0.462 e. The number of aryl methyl sites for hydroxylation is 1. The summed E-state index contributed by atoms with van der Waals surface area (Å²) < 4.78 is 10.2. The zero-order valence-corrected chi connectivity index (χ0v) is 19.1. The van der Waals surface area contributed by atoms with Gasteiger partial charge in [0, 0.05) is 0 Å². The van der Waals surface area contributed by atoms with Gasteiger partial charge in [0.15, 0.2) is 12.4 Å². The Hall–Kier alpha value is -3.28. The van der Waals surface area contributed by atoms with E-state index in [1.807, 2.05) is 0 Å². The van der Waals surface area contributed by atoms with Crippen LogP contribution < -0.4 is 11.1 Å². The minimum absolute atomic E-state index is 0.133. The maximum Gasteiger partial charge on any atom is 0.348 e. The van der Waals surface area contributed by atoms with E-state index in [0.29, 0.717) is 33.5 Å². The molecule has 172 valence electrons. The number of aromatic nitrogens is 2. The van der Waals surface area contributed by atoms with Crippen molar-refractivity contribution in [2.45, 2.75) is 52.7 Å². The van der Waals surface area contributed by atoms with Gasteiger partial charge >= 0.3 is 18.0 Å². The topological polar surface area (TPSA) is 154 Å². The van der Waals surface area contributed by atoms with Crippen molar-refractivity contribution in [2.75, 3.05) is 18.9 Å². The SMILES string of the molecule is CCOC(=O)c1sc2nc(COC(=O)CN3C(=O)NC(CC)(CC)C3=O)nc(N)c2c1C. The van der Waals surface area contributed by atoms with Gasteiger partial charge in [0.2, 0.25) is 0 Å². The molecule has 2 aromatic heterocycles. The van der Waals surface area contributed by atoms with Gasteiger partial charge in [0.05, 0.1) is 12.0 Å². The van der Waals surface area contributed by atoms with Crippen LogP contribution >= 0.6 is 11.3 Å². The lowest BCUT2D eigenvalue weighted by molar-refractivity contribution is -0.149. The summed E-state index contributed by atoms with van der Waals surface area (Å²) in [6, 6.07) is -0.627. The molecule has 12 heteroatoms. The van der Waals surface area contributed by atoms with Gasteiger partial charge in [0.1, 0.15) is 27.6 Å². The number of imide groups is 1. The van der Waals surface area contributed by atoms with Crippen LogP contribution in [0.25, 0.3) is 10.2 Å². The van der Waals surface area contributed by atoms with Crippen molar-refractivity contribution in [3.63, 3.8) is 0 Å². The number of amides is 3. The minimum atomic E-state index is -0.992. The molecule has 2 aromatic rings. The van der Waals surface area contributed by atoms with E-state index in [1.54, 1.807) is 27.7 Å². The first-order valence-electron chi connectivity index (χ1n) is 10.2. The van der Waals surface area contributed by atoms with E-state index in [4.69, 9.17) is 15.2 Å². The van der Waals surface area contributed by atoms with Crippen LogP contribution in [0.3, 0.4) is 0 Å². The van der Waals surface area contributed by atoms with Crippen LogP contribution in [0.5, 0.6) is 0 Å². The van der Waals surface area contributed by atoms with E-state index in [-0.39, 0.29) is 24.9 Å². The normalized spacial score (nSPS) is 15.2. The third-order valence-corrected chi connectivity index (χ3v) is 6.59. The number of fused-ring (bicyclic) bond motifs is 1. The number of nitrogens with zero attached hydrogens (tertiary/aromatic N) is 3. The molecule has 32 heavy (non-hydrogen) atoms. The molecule has 3 N–H and O–H groups in total. The fourth-order valence-corrected chi connectivity index (χ4v) is 4.64. The number of nitrogen functional groups attached to an aromatic ring is 1. The highest BCUT2D eigenvalue weighted by Gasteiger charge is 2.49. The summed E-state index contributed by atoms with van der Waals surface area (Å²) in [5.74, 6) is -1.42. The van der Waals surface area contributed by atoms with Crippen molar-refractivity contribution in [3.05, 3.63) is 16.3 Å². The Labute approximate surface area is 188 Å². The number of rotatable bonds is 8. The first kappa shape index (κ1) is 23.4. The van der Waals surface area contributed by atoms with E-state index in [2.05, 4.69) is 15.3 Å². The molecule has 1 aliphatic rings. The molecular formula is C20H25N5O6S. The van der Waals surface area contributed by atoms with Crippen LogP contribution in [0.2, 0.25) is 0 Å². The van der Waals surface area contributed by atoms with Gasteiger partial charge in [0.25, 0.3) is 5.91 Å². The van der Waals surface area contributed by atoms with Crippen molar-refractivity contribution in [1.82, 2.24) is 20.2 Å². The van der Waals surface area contributed by atoms with E-state index in [9.17, 15) is 19.2 Å². The molecule has 0 radical (unpaired) electrons. The standard InChI is InChI=1S/C20H25N5O6S/c1-5-20(6-2)18(28)25(19(29)24-20)8-12(26)31-9-11-22-15(21)13-10(4)14(17(27)30-7-3)32-16(13)23-11/h5-9H2,1-4H3,(H,24,29)(H2,21,22,23). The molecule has 1 aliphatic heterocycles.